The summed E-state index contributed by atoms with van der Waals surface area (Å²) in [5.41, 5.74) is 1.37. The Balaban J connectivity index is 1.82. The Labute approximate surface area is 162 Å². The molecule has 3 aromatic rings. The molecular weight excluding hydrogens is 358 g/mol. The minimum Gasteiger partial charge on any atom is -0.325 e. The van der Waals surface area contributed by atoms with Gasteiger partial charge in [-0.05, 0) is 36.6 Å². The second-order valence-corrected chi connectivity index (χ2v) is 7.70. The number of aromatic nitrogens is 2. The van der Waals surface area contributed by atoms with Crippen LogP contribution in [0.3, 0.4) is 0 Å². The molecule has 0 aliphatic carbocycles. The van der Waals surface area contributed by atoms with Crippen LogP contribution in [0.1, 0.15) is 20.3 Å². The molecule has 27 heavy (non-hydrogen) atoms. The SMILES string of the molecule is CC(C)CCn1c(SCC(=O)Nc2ccccc2)nc2ccccc2c1=O. The van der Waals surface area contributed by atoms with Crippen molar-refractivity contribution in [3.05, 3.63) is 65.0 Å². The molecule has 3 rings (SSSR count). The van der Waals surface area contributed by atoms with Gasteiger partial charge in [-0.25, -0.2) is 4.98 Å². The van der Waals surface area contributed by atoms with Crippen molar-refractivity contribution in [3.63, 3.8) is 0 Å². The van der Waals surface area contributed by atoms with Gasteiger partial charge in [-0.1, -0.05) is 55.9 Å². The molecule has 1 heterocycles. The lowest BCUT2D eigenvalue weighted by Gasteiger charge is -2.14. The number of anilines is 1. The van der Waals surface area contributed by atoms with E-state index in [-0.39, 0.29) is 17.2 Å². The molecule has 0 unspecified atom stereocenters. The Bertz CT molecular complexity index is 984. The maximum atomic E-state index is 12.9. The quantitative estimate of drug-likeness (QED) is 0.493. The van der Waals surface area contributed by atoms with Gasteiger partial charge < -0.3 is 5.32 Å². The predicted octanol–water partition coefficient (Wildman–Crippen LogP) is 4.17. The average Bonchev–Trinajstić information content (AvgIpc) is 2.66. The van der Waals surface area contributed by atoms with E-state index in [1.807, 2.05) is 48.5 Å². The van der Waals surface area contributed by atoms with Gasteiger partial charge in [0.25, 0.3) is 5.56 Å². The van der Waals surface area contributed by atoms with Crippen LogP contribution in [0.15, 0.2) is 64.5 Å². The molecule has 1 aromatic heterocycles. The smallest absolute Gasteiger partial charge is 0.262 e. The Kier molecular flexibility index (Phi) is 6.29. The lowest BCUT2D eigenvalue weighted by Crippen LogP contribution is -2.25. The van der Waals surface area contributed by atoms with Crippen molar-refractivity contribution >= 4 is 34.3 Å². The molecule has 1 amide bonds. The van der Waals surface area contributed by atoms with Crippen LogP contribution in [0.25, 0.3) is 10.9 Å². The van der Waals surface area contributed by atoms with Crippen molar-refractivity contribution in [1.29, 1.82) is 0 Å². The third-order valence-corrected chi connectivity index (χ3v) is 5.12. The number of hydrogen-bond donors (Lipinski definition) is 1. The molecule has 5 nitrogen and oxygen atoms in total. The van der Waals surface area contributed by atoms with Crippen LogP contribution in [0.5, 0.6) is 0 Å². The largest absolute Gasteiger partial charge is 0.325 e. The Morgan fingerprint density at radius 3 is 2.56 bits per heavy atom. The normalized spacial score (nSPS) is 11.1. The molecule has 1 N–H and O–H groups in total. The summed E-state index contributed by atoms with van der Waals surface area (Å²) in [5, 5.41) is 4.05. The summed E-state index contributed by atoms with van der Waals surface area (Å²) in [7, 11) is 0. The molecule has 0 atom stereocenters. The van der Waals surface area contributed by atoms with Gasteiger partial charge in [0.05, 0.1) is 16.7 Å². The molecule has 0 saturated heterocycles. The van der Waals surface area contributed by atoms with Gasteiger partial charge in [0, 0.05) is 12.2 Å². The average molecular weight is 382 g/mol. The second-order valence-electron chi connectivity index (χ2n) is 6.75. The van der Waals surface area contributed by atoms with Crippen molar-refractivity contribution in [2.45, 2.75) is 32.0 Å². The maximum absolute atomic E-state index is 12.9. The fourth-order valence-corrected chi connectivity index (χ4v) is 3.52. The maximum Gasteiger partial charge on any atom is 0.262 e. The number of hydrogen-bond acceptors (Lipinski definition) is 4. The Hall–Kier alpha value is -2.60. The summed E-state index contributed by atoms with van der Waals surface area (Å²) in [5.74, 6) is 0.549. The molecule has 2 aromatic carbocycles. The van der Waals surface area contributed by atoms with Crippen LogP contribution in [-0.4, -0.2) is 21.2 Å². The number of nitrogens with one attached hydrogen (secondary N) is 1. The highest BCUT2D eigenvalue weighted by Gasteiger charge is 2.13. The number of amides is 1. The van der Waals surface area contributed by atoms with E-state index in [0.717, 1.165) is 12.1 Å². The highest BCUT2D eigenvalue weighted by Crippen LogP contribution is 2.19. The molecular formula is C21H23N3O2S. The number of carbonyl (C=O) groups is 1. The lowest BCUT2D eigenvalue weighted by molar-refractivity contribution is -0.113. The van der Waals surface area contributed by atoms with Crippen molar-refractivity contribution in [2.24, 2.45) is 5.92 Å². The van der Waals surface area contributed by atoms with Crippen LogP contribution >= 0.6 is 11.8 Å². The number of carbonyl (C=O) groups excluding carboxylic acids is 1. The monoisotopic (exact) mass is 381 g/mol. The molecule has 0 fully saturated rings. The van der Waals surface area contributed by atoms with Crippen LogP contribution in [0.4, 0.5) is 5.69 Å². The van der Waals surface area contributed by atoms with Crippen molar-refractivity contribution in [3.8, 4) is 0 Å². The zero-order chi connectivity index (χ0) is 19.2. The minimum absolute atomic E-state index is 0.0489. The fraction of sp³-hybridized carbons (Fsp3) is 0.286. The van der Waals surface area contributed by atoms with Crippen LogP contribution < -0.4 is 10.9 Å². The van der Waals surface area contributed by atoms with Crippen LogP contribution in [0, 0.1) is 5.92 Å². The molecule has 0 saturated carbocycles. The fourth-order valence-electron chi connectivity index (χ4n) is 2.69. The molecule has 0 aliphatic rings. The molecule has 0 radical (unpaired) electrons. The highest BCUT2D eigenvalue weighted by atomic mass is 32.2. The van der Waals surface area contributed by atoms with E-state index in [1.54, 1.807) is 10.6 Å². The predicted molar refractivity (Wildman–Crippen MR) is 111 cm³/mol. The molecule has 0 bridgehead atoms. The van der Waals surface area contributed by atoms with Crippen molar-refractivity contribution < 1.29 is 4.79 Å². The molecule has 6 heteroatoms. The number of rotatable bonds is 7. The van der Waals surface area contributed by atoms with Crippen LogP contribution in [-0.2, 0) is 11.3 Å². The van der Waals surface area contributed by atoms with E-state index in [9.17, 15) is 9.59 Å². The van der Waals surface area contributed by atoms with E-state index in [4.69, 9.17) is 0 Å². The van der Waals surface area contributed by atoms with Crippen molar-refractivity contribution in [2.75, 3.05) is 11.1 Å². The first kappa shape index (κ1) is 19.2. The summed E-state index contributed by atoms with van der Waals surface area (Å²) in [4.78, 5) is 29.8. The van der Waals surface area contributed by atoms with E-state index < -0.39 is 0 Å². The Morgan fingerprint density at radius 1 is 1.11 bits per heavy atom. The Morgan fingerprint density at radius 2 is 1.81 bits per heavy atom. The molecule has 0 spiro atoms. The first-order chi connectivity index (χ1) is 13.0. The topological polar surface area (TPSA) is 64.0 Å². The van der Waals surface area contributed by atoms with E-state index in [1.165, 1.54) is 11.8 Å². The lowest BCUT2D eigenvalue weighted by atomic mass is 10.1. The van der Waals surface area contributed by atoms with Gasteiger partial charge in [-0.15, -0.1) is 0 Å². The van der Waals surface area contributed by atoms with Gasteiger partial charge in [-0.2, -0.15) is 0 Å². The number of fused-ring (bicyclic) bond motifs is 1. The minimum atomic E-state index is -0.121. The summed E-state index contributed by atoms with van der Waals surface area (Å²) < 4.78 is 1.70. The highest BCUT2D eigenvalue weighted by molar-refractivity contribution is 7.99. The van der Waals surface area contributed by atoms with E-state index >= 15 is 0 Å². The first-order valence-corrected chi connectivity index (χ1v) is 10.0. The van der Waals surface area contributed by atoms with Gasteiger partial charge >= 0.3 is 0 Å². The summed E-state index contributed by atoms with van der Waals surface area (Å²) in [6.45, 7) is 4.84. The van der Waals surface area contributed by atoms with Crippen LogP contribution in [0.2, 0.25) is 0 Å². The van der Waals surface area contributed by atoms with Gasteiger partial charge in [0.2, 0.25) is 5.91 Å². The first-order valence-electron chi connectivity index (χ1n) is 9.02. The number of benzene rings is 2. The number of nitrogens with zero attached hydrogens (tertiary/aromatic N) is 2. The molecule has 0 aliphatic heterocycles. The third kappa shape index (κ3) is 4.98. The van der Waals surface area contributed by atoms with E-state index in [0.29, 0.717) is 28.5 Å². The second kappa shape index (κ2) is 8.86. The van der Waals surface area contributed by atoms with Gasteiger partial charge in [-0.3, -0.25) is 14.2 Å². The van der Waals surface area contributed by atoms with Gasteiger partial charge in [0.15, 0.2) is 5.16 Å². The van der Waals surface area contributed by atoms with E-state index in [2.05, 4.69) is 24.1 Å². The zero-order valence-corrected chi connectivity index (χ0v) is 16.3. The summed E-state index contributed by atoms with van der Waals surface area (Å²) >= 11 is 1.29. The number of thioether (sulfide) groups is 1. The summed E-state index contributed by atoms with van der Waals surface area (Å²) in [6, 6.07) is 16.7. The molecule has 140 valence electrons. The van der Waals surface area contributed by atoms with Crippen molar-refractivity contribution in [1.82, 2.24) is 9.55 Å². The number of para-hydroxylation sites is 2. The third-order valence-electron chi connectivity index (χ3n) is 4.15. The summed E-state index contributed by atoms with van der Waals surface area (Å²) in [6.07, 6.45) is 0.879. The van der Waals surface area contributed by atoms with Gasteiger partial charge in [0.1, 0.15) is 0 Å². The zero-order valence-electron chi connectivity index (χ0n) is 15.5. The standard InChI is InChI=1S/C21H23N3O2S/c1-15(2)12-13-24-20(26)17-10-6-7-11-18(17)23-21(24)27-14-19(25)22-16-8-4-3-5-9-16/h3-11,15H,12-14H2,1-2H3,(H,22,25).